The van der Waals surface area contributed by atoms with E-state index in [1.165, 1.54) is 0 Å². The molecular weight excluding hydrogens is 677 g/mol. The number of benzene rings is 5. The van der Waals surface area contributed by atoms with E-state index in [1.54, 1.807) is 66.7 Å². The van der Waals surface area contributed by atoms with Gasteiger partial charge < -0.3 is 11.5 Å². The van der Waals surface area contributed by atoms with Crippen molar-refractivity contribution >= 4 is 75.7 Å². The maximum absolute atomic E-state index is 12.9. The summed E-state index contributed by atoms with van der Waals surface area (Å²) in [7, 11) is -9.73. The average Bonchev–Trinajstić information content (AvgIpc) is 3.10. The van der Waals surface area contributed by atoms with Crippen molar-refractivity contribution in [3.8, 4) is 11.1 Å². The van der Waals surface area contributed by atoms with E-state index in [9.17, 15) is 25.9 Å². The van der Waals surface area contributed by atoms with Crippen molar-refractivity contribution in [1.82, 2.24) is 0 Å². The quantitative estimate of drug-likeness (QED) is 0.0488. The highest BCUT2D eigenvalue weighted by Crippen LogP contribution is 2.54. The molecule has 0 bridgehead atoms. The smallest absolute Gasteiger partial charge is 0.297 e. The number of nitrogens with two attached hydrogens (primary N) is 2. The molecule has 0 fully saturated rings. The lowest BCUT2D eigenvalue weighted by Crippen LogP contribution is -2.24. The third-order valence-electron chi connectivity index (χ3n) is 9.82. The van der Waals surface area contributed by atoms with Crippen molar-refractivity contribution in [2.45, 2.75) is 42.9 Å². The van der Waals surface area contributed by atoms with Crippen molar-refractivity contribution in [1.29, 1.82) is 11.1 Å². The molecule has 1 aliphatic carbocycles. The Balaban J connectivity index is 1.58. The van der Waals surface area contributed by atoms with Gasteiger partial charge in [0.05, 0.1) is 11.4 Å². The lowest BCUT2D eigenvalue weighted by Gasteiger charge is -2.39. The summed E-state index contributed by atoms with van der Waals surface area (Å²) in [5.41, 5.74) is 30.0. The fourth-order valence-electron chi connectivity index (χ4n) is 7.33. The topological polar surface area (TPSA) is 233 Å². The van der Waals surface area contributed by atoms with Gasteiger partial charge in [-0.25, -0.2) is 11.1 Å². The number of nitrogen functional groups attached to an aromatic ring is 2. The molecule has 6 rings (SSSR count). The van der Waals surface area contributed by atoms with Crippen LogP contribution in [0.25, 0.3) is 43.8 Å². The molecule has 5 aromatic rings. The molecule has 50 heavy (non-hydrogen) atoms. The minimum atomic E-state index is -4.87. The van der Waals surface area contributed by atoms with Crippen LogP contribution in [-0.2, 0) is 20.2 Å². The van der Waals surface area contributed by atoms with Gasteiger partial charge in [0.15, 0.2) is 0 Å². The van der Waals surface area contributed by atoms with Gasteiger partial charge in [-0.3, -0.25) is 9.11 Å². The molecule has 0 saturated carbocycles. The first-order valence-electron chi connectivity index (χ1n) is 15.6. The van der Waals surface area contributed by atoms with Crippen LogP contribution in [0, 0.1) is 16.5 Å². The maximum atomic E-state index is 12.9. The zero-order valence-corrected chi connectivity index (χ0v) is 28.7. The van der Waals surface area contributed by atoms with E-state index in [0.29, 0.717) is 51.9 Å². The minimum Gasteiger partial charge on any atom is -0.396 e. The molecule has 5 aromatic carbocycles. The van der Waals surface area contributed by atoms with E-state index < -0.39 is 35.4 Å². The van der Waals surface area contributed by atoms with E-state index in [1.807, 2.05) is 32.1 Å². The Morgan fingerprint density at radius 1 is 0.660 bits per heavy atom. The van der Waals surface area contributed by atoms with Crippen LogP contribution in [0.4, 0.5) is 22.7 Å². The van der Waals surface area contributed by atoms with Crippen molar-refractivity contribution < 1.29 is 25.9 Å². The van der Waals surface area contributed by atoms with E-state index in [4.69, 9.17) is 22.5 Å². The van der Waals surface area contributed by atoms with Gasteiger partial charge in [0.25, 0.3) is 20.2 Å². The van der Waals surface area contributed by atoms with Gasteiger partial charge in [-0.05, 0) is 57.7 Å². The second kappa shape index (κ2) is 12.6. The van der Waals surface area contributed by atoms with E-state index in [-0.39, 0.29) is 33.9 Å². The third-order valence-corrected chi connectivity index (χ3v) is 11.6. The highest BCUT2D eigenvalue weighted by atomic mass is 32.2. The first-order chi connectivity index (χ1) is 23.7. The number of nitrogens with one attached hydrogen (secondary N) is 2. The minimum absolute atomic E-state index is 0.0218. The van der Waals surface area contributed by atoms with E-state index in [2.05, 4.69) is 10.2 Å². The highest BCUT2D eigenvalue weighted by molar-refractivity contribution is 7.86. The van der Waals surface area contributed by atoms with Crippen molar-refractivity contribution in [2.24, 2.45) is 15.6 Å². The predicted molar refractivity (Wildman–Crippen MR) is 195 cm³/mol. The van der Waals surface area contributed by atoms with Gasteiger partial charge >= 0.3 is 0 Å². The van der Waals surface area contributed by atoms with Crippen LogP contribution >= 0.6 is 0 Å². The summed E-state index contributed by atoms with van der Waals surface area (Å²) in [6, 6.07) is 20.9. The Labute approximate surface area is 289 Å². The van der Waals surface area contributed by atoms with Gasteiger partial charge in [0.2, 0.25) is 0 Å². The molecule has 0 amide bonds. The van der Waals surface area contributed by atoms with Crippen LogP contribution in [0.3, 0.4) is 0 Å². The van der Waals surface area contributed by atoms with Gasteiger partial charge in [0, 0.05) is 21.9 Å². The molecule has 0 radical (unpaired) electrons. The van der Waals surface area contributed by atoms with Gasteiger partial charge in [0.1, 0.15) is 21.2 Å². The summed E-state index contributed by atoms with van der Waals surface area (Å²) >= 11 is 0. The molecule has 0 atom stereocenters. The first-order valence-corrected chi connectivity index (χ1v) is 18.5. The van der Waals surface area contributed by atoms with Gasteiger partial charge in [-0.2, -0.15) is 27.1 Å². The van der Waals surface area contributed by atoms with E-state index in [0.717, 1.165) is 11.1 Å². The zero-order chi connectivity index (χ0) is 36.2. The average molecular weight is 711 g/mol. The summed E-state index contributed by atoms with van der Waals surface area (Å²) in [5, 5.41) is 8.77. The molecule has 0 unspecified atom stereocenters. The van der Waals surface area contributed by atoms with Crippen molar-refractivity contribution in [3.63, 3.8) is 0 Å². The van der Waals surface area contributed by atoms with Gasteiger partial charge in [-0.1, -0.05) is 98.8 Å². The first kappa shape index (κ1) is 34.6. The van der Waals surface area contributed by atoms with Crippen LogP contribution in [-0.4, -0.2) is 25.9 Å². The molecule has 0 heterocycles. The number of rotatable bonds is 9. The van der Waals surface area contributed by atoms with Crippen LogP contribution in [0.1, 0.15) is 44.2 Å². The second-order valence-corrected chi connectivity index (χ2v) is 14.9. The van der Waals surface area contributed by atoms with E-state index >= 15 is 0 Å². The lowest BCUT2D eigenvalue weighted by atomic mass is 9.65. The maximum Gasteiger partial charge on any atom is 0.297 e. The number of nitrogens with zero attached hydrogens (tertiary/aromatic N) is 2. The summed E-state index contributed by atoms with van der Waals surface area (Å²) in [5.74, 6) is 0. The molecule has 0 saturated heterocycles. The molecule has 14 heteroatoms. The number of allylic oxidation sites excluding steroid dienone is 4. The van der Waals surface area contributed by atoms with Crippen molar-refractivity contribution in [2.75, 3.05) is 11.5 Å². The Morgan fingerprint density at radius 2 is 1.08 bits per heavy atom. The predicted octanol–water partition coefficient (Wildman–Crippen LogP) is 9.32. The molecule has 0 spiro atoms. The number of fused-ring (bicyclic) bond motifs is 2. The summed E-state index contributed by atoms with van der Waals surface area (Å²) in [4.78, 5) is -1.07. The standard InChI is InChI=1S/C36H34N6O6S2/c1-3-36(4-2)19-22(29-24-10-6-8-12-26(24)31(38)33(42-40)35(29)50(46,47)48)17-18-27(36)20-13-15-21(16-14-20)28-23-9-5-7-11-25(23)30(37)32(41-39)34(28)49(43,44)45/h5-18,39-40H,3-4,19,37-38H2,1-2H3,(H,43,44,45)(H,46,47,48). The van der Waals surface area contributed by atoms with Crippen LogP contribution in [0.15, 0.2) is 105 Å². The highest BCUT2D eigenvalue weighted by Gasteiger charge is 2.38. The normalized spacial score (nSPS) is 14.7. The Bertz CT molecular complexity index is 2540. The monoisotopic (exact) mass is 710 g/mol. The van der Waals surface area contributed by atoms with Gasteiger partial charge in [-0.15, -0.1) is 0 Å². The molecule has 8 N–H and O–H groups in total. The summed E-state index contributed by atoms with van der Waals surface area (Å²) in [6.45, 7) is 4.07. The zero-order valence-electron chi connectivity index (χ0n) is 27.1. The Kier molecular flexibility index (Phi) is 8.68. The molecule has 0 aliphatic heterocycles. The summed E-state index contributed by atoms with van der Waals surface area (Å²) < 4.78 is 71.9. The number of hydrogen-bond acceptors (Lipinski definition) is 10. The summed E-state index contributed by atoms with van der Waals surface area (Å²) in [6.07, 6.45) is 5.41. The third kappa shape index (κ3) is 5.46. The van der Waals surface area contributed by atoms with Crippen molar-refractivity contribution in [3.05, 3.63) is 96.1 Å². The number of anilines is 2. The largest absolute Gasteiger partial charge is 0.396 e. The lowest BCUT2D eigenvalue weighted by molar-refractivity contribution is 0.378. The Morgan fingerprint density at radius 3 is 1.52 bits per heavy atom. The Hall–Kier alpha value is -5.28. The SMILES string of the molecule is CCC1(CC)CC(c2c(S(=O)(=O)O)c(N=N)c(N)c3ccccc23)=CC=C1c1ccc(-c2c(S(=O)(=O)O)c(N=N)c(N)c3ccccc23)cc1. The second-order valence-electron chi connectivity index (χ2n) is 12.2. The molecular formula is C36H34N6O6S2. The van der Waals surface area contributed by atoms with Crippen LogP contribution in [0.2, 0.25) is 0 Å². The molecule has 0 aromatic heterocycles. The molecule has 12 nitrogen and oxygen atoms in total. The fourth-order valence-corrected chi connectivity index (χ4v) is 9.12. The molecule has 1 aliphatic rings. The fraction of sp³-hybridized carbons (Fsp3) is 0.167. The molecule has 256 valence electrons. The van der Waals surface area contributed by atoms with Crippen LogP contribution < -0.4 is 11.5 Å². The number of hydrogen-bond donors (Lipinski definition) is 6. The van der Waals surface area contributed by atoms with Crippen LogP contribution in [0.5, 0.6) is 0 Å².